The topological polar surface area (TPSA) is 102 Å². The van der Waals surface area contributed by atoms with Crippen LogP contribution in [0.15, 0.2) is 35.5 Å². The Hall–Kier alpha value is -3.03. The maximum absolute atomic E-state index is 13.2. The first-order valence-electron chi connectivity index (χ1n) is 8.17. The Morgan fingerprint density at radius 1 is 1.12 bits per heavy atom. The highest BCUT2D eigenvalue weighted by Gasteiger charge is 2.60. The molecule has 8 heteroatoms. The third-order valence-corrected chi connectivity index (χ3v) is 5.18. The third kappa shape index (κ3) is 1.63. The molecule has 0 bridgehead atoms. The van der Waals surface area contributed by atoms with Crippen molar-refractivity contribution in [3.8, 4) is 0 Å². The number of nitrogens with one attached hydrogen (secondary N) is 2. The van der Waals surface area contributed by atoms with Crippen molar-refractivity contribution in [2.45, 2.75) is 32.2 Å². The molecule has 2 aliphatic heterocycles. The Kier molecular flexibility index (Phi) is 2.48. The van der Waals surface area contributed by atoms with Gasteiger partial charge in [0.05, 0.1) is 5.57 Å². The lowest BCUT2D eigenvalue weighted by Gasteiger charge is -2.41. The molecule has 0 saturated heterocycles. The van der Waals surface area contributed by atoms with Crippen molar-refractivity contribution in [3.05, 3.63) is 41.1 Å². The number of ketones is 1. The molecular weight excluding hydrogens is 320 g/mol. The minimum Gasteiger partial charge on any atom is -0.326 e. The van der Waals surface area contributed by atoms with Gasteiger partial charge in [-0.3, -0.25) is 9.59 Å². The summed E-state index contributed by atoms with van der Waals surface area (Å²) in [5.74, 6) is 0.0205. The summed E-state index contributed by atoms with van der Waals surface area (Å²) in [5, 5.41) is 17.9. The molecule has 0 fully saturated rings. The number of carbonyl (C=O) groups is 2. The largest absolute Gasteiger partial charge is 0.326 e. The molecule has 2 N–H and O–H groups in total. The SMILES string of the molecule is CC1(C)CC(=O)C2=C(C1)Nc1nnnn1C21C(=O)Nc2ccccc21. The number of amides is 1. The molecule has 3 heterocycles. The van der Waals surface area contributed by atoms with Gasteiger partial charge in [-0.25, -0.2) is 0 Å². The van der Waals surface area contributed by atoms with Gasteiger partial charge in [-0.15, -0.1) is 0 Å². The summed E-state index contributed by atoms with van der Waals surface area (Å²) >= 11 is 0. The second-order valence-electron chi connectivity index (χ2n) is 7.54. The number of allylic oxidation sites excluding steroid dienone is 1. The summed E-state index contributed by atoms with van der Waals surface area (Å²) in [4.78, 5) is 26.3. The molecule has 1 aromatic carbocycles. The van der Waals surface area contributed by atoms with Crippen LogP contribution in [-0.4, -0.2) is 31.9 Å². The summed E-state index contributed by atoms with van der Waals surface area (Å²) in [6.07, 6.45) is 1.03. The third-order valence-electron chi connectivity index (χ3n) is 5.18. The number of aromatic nitrogens is 4. The average molecular weight is 336 g/mol. The van der Waals surface area contributed by atoms with Gasteiger partial charge in [0.2, 0.25) is 11.5 Å². The number of carbonyl (C=O) groups excluding carboxylic acids is 2. The van der Waals surface area contributed by atoms with Gasteiger partial charge in [0.25, 0.3) is 5.91 Å². The Balaban J connectivity index is 1.88. The predicted molar refractivity (Wildman–Crippen MR) is 88.6 cm³/mol. The summed E-state index contributed by atoms with van der Waals surface area (Å²) < 4.78 is 1.43. The van der Waals surface area contributed by atoms with Crippen LogP contribution in [0.25, 0.3) is 0 Å². The summed E-state index contributed by atoms with van der Waals surface area (Å²) in [6.45, 7) is 4.09. The van der Waals surface area contributed by atoms with Crippen LogP contribution in [0.3, 0.4) is 0 Å². The molecule has 0 radical (unpaired) electrons. The standard InChI is InChI=1S/C17H16N6O2/c1-16(2)7-11-13(12(24)8-16)17(23-15(19-11)20-21-22-23)9-5-3-4-6-10(9)18-14(17)25/h3-6H,7-8H2,1-2H3,(H,18,25)(H,19,20,22). The van der Waals surface area contributed by atoms with Gasteiger partial charge in [0.1, 0.15) is 0 Å². The van der Waals surface area contributed by atoms with E-state index < -0.39 is 5.54 Å². The number of hydrogen-bond donors (Lipinski definition) is 2. The van der Waals surface area contributed by atoms with Gasteiger partial charge in [0.15, 0.2) is 5.78 Å². The monoisotopic (exact) mass is 336 g/mol. The lowest BCUT2D eigenvalue weighted by atomic mass is 9.68. The van der Waals surface area contributed by atoms with Gasteiger partial charge in [-0.2, -0.15) is 4.68 Å². The van der Waals surface area contributed by atoms with E-state index in [1.807, 2.05) is 38.1 Å². The van der Waals surface area contributed by atoms with Crippen LogP contribution in [0, 0.1) is 5.41 Å². The van der Waals surface area contributed by atoms with Gasteiger partial charge >= 0.3 is 0 Å². The number of para-hydroxylation sites is 1. The zero-order valence-electron chi connectivity index (χ0n) is 13.8. The highest BCUT2D eigenvalue weighted by atomic mass is 16.2. The summed E-state index contributed by atoms with van der Waals surface area (Å²) in [6, 6.07) is 7.37. The highest BCUT2D eigenvalue weighted by Crippen LogP contribution is 2.52. The molecule has 2 aromatic rings. The molecule has 0 saturated carbocycles. The van der Waals surface area contributed by atoms with E-state index >= 15 is 0 Å². The van der Waals surface area contributed by atoms with E-state index in [4.69, 9.17) is 0 Å². The number of tetrazole rings is 1. The molecule has 3 aliphatic rings. The van der Waals surface area contributed by atoms with Crippen molar-refractivity contribution >= 4 is 23.3 Å². The number of rotatable bonds is 0. The molecule has 126 valence electrons. The summed E-state index contributed by atoms with van der Waals surface area (Å²) in [7, 11) is 0. The summed E-state index contributed by atoms with van der Waals surface area (Å²) in [5.41, 5.74) is 1.04. The van der Waals surface area contributed by atoms with Crippen molar-refractivity contribution in [1.82, 2.24) is 20.2 Å². The second-order valence-corrected chi connectivity index (χ2v) is 7.54. The van der Waals surface area contributed by atoms with Crippen LogP contribution in [0.1, 0.15) is 32.3 Å². The van der Waals surface area contributed by atoms with Gasteiger partial charge in [0, 0.05) is 23.4 Å². The minimum absolute atomic E-state index is 0.0493. The Morgan fingerprint density at radius 3 is 2.76 bits per heavy atom. The van der Waals surface area contributed by atoms with Crippen molar-refractivity contribution < 1.29 is 9.59 Å². The highest BCUT2D eigenvalue weighted by molar-refractivity contribution is 6.16. The first-order chi connectivity index (χ1) is 11.9. The fourth-order valence-corrected chi connectivity index (χ4v) is 4.28. The maximum atomic E-state index is 13.2. The normalized spacial score (nSPS) is 26.0. The second kappa shape index (κ2) is 4.33. The number of Topliss-reactive ketones (excluding diaryl/α,β-unsaturated/α-hetero) is 1. The van der Waals surface area contributed by atoms with Crippen molar-refractivity contribution in [2.24, 2.45) is 5.41 Å². The fourth-order valence-electron chi connectivity index (χ4n) is 4.28. The zero-order valence-corrected chi connectivity index (χ0v) is 13.8. The van der Waals surface area contributed by atoms with Crippen LogP contribution in [-0.2, 0) is 15.1 Å². The van der Waals surface area contributed by atoms with Gasteiger partial charge in [-0.05, 0) is 28.3 Å². The van der Waals surface area contributed by atoms with Crippen LogP contribution >= 0.6 is 0 Å². The lowest BCUT2D eigenvalue weighted by Crippen LogP contribution is -2.52. The van der Waals surface area contributed by atoms with Crippen LogP contribution in [0.5, 0.6) is 0 Å². The molecule has 1 unspecified atom stereocenters. The number of anilines is 2. The first-order valence-corrected chi connectivity index (χ1v) is 8.17. The van der Waals surface area contributed by atoms with E-state index in [0.29, 0.717) is 35.6 Å². The van der Waals surface area contributed by atoms with E-state index in [1.54, 1.807) is 0 Å². The van der Waals surface area contributed by atoms with E-state index in [9.17, 15) is 9.59 Å². The minimum atomic E-state index is -1.34. The van der Waals surface area contributed by atoms with Gasteiger partial charge < -0.3 is 10.6 Å². The fraction of sp³-hybridized carbons (Fsp3) is 0.353. The van der Waals surface area contributed by atoms with Crippen molar-refractivity contribution in [2.75, 3.05) is 10.6 Å². The molecule has 1 aliphatic carbocycles. The molecule has 5 rings (SSSR count). The number of hydrogen-bond acceptors (Lipinski definition) is 6. The van der Waals surface area contributed by atoms with Crippen molar-refractivity contribution in [3.63, 3.8) is 0 Å². The maximum Gasteiger partial charge on any atom is 0.262 e. The number of nitrogens with zero attached hydrogens (tertiary/aromatic N) is 4. The molecule has 25 heavy (non-hydrogen) atoms. The van der Waals surface area contributed by atoms with Gasteiger partial charge in [-0.1, -0.05) is 37.1 Å². The van der Waals surface area contributed by atoms with Crippen molar-refractivity contribution in [1.29, 1.82) is 0 Å². The molecule has 8 nitrogen and oxygen atoms in total. The Labute approximate surface area is 143 Å². The van der Waals surface area contributed by atoms with Crippen LogP contribution < -0.4 is 10.6 Å². The van der Waals surface area contributed by atoms with E-state index in [2.05, 4.69) is 26.2 Å². The van der Waals surface area contributed by atoms with Crippen LogP contribution in [0.4, 0.5) is 11.6 Å². The Morgan fingerprint density at radius 2 is 1.92 bits per heavy atom. The molecule has 1 amide bonds. The number of fused-ring (bicyclic) bond motifs is 5. The molecule has 1 atom stereocenters. The lowest BCUT2D eigenvalue weighted by molar-refractivity contribution is -0.125. The number of benzene rings is 1. The zero-order chi connectivity index (χ0) is 17.4. The Bertz CT molecular complexity index is 989. The van der Waals surface area contributed by atoms with E-state index in [1.165, 1.54) is 4.68 Å². The van der Waals surface area contributed by atoms with Crippen LogP contribution in [0.2, 0.25) is 0 Å². The smallest absolute Gasteiger partial charge is 0.262 e. The van der Waals surface area contributed by atoms with E-state index in [-0.39, 0.29) is 17.1 Å². The molecule has 1 aromatic heterocycles. The predicted octanol–water partition coefficient (Wildman–Crippen LogP) is 1.44. The van der Waals surface area contributed by atoms with E-state index in [0.717, 1.165) is 5.70 Å². The molecule has 1 spiro atoms. The quantitative estimate of drug-likeness (QED) is 0.755. The molecular formula is C17H16N6O2. The first kappa shape index (κ1) is 14.3. The average Bonchev–Trinajstić information content (AvgIpc) is 3.10.